The number of piperidine rings is 1. The van der Waals surface area contributed by atoms with Gasteiger partial charge < -0.3 is 15.2 Å². The Bertz CT molecular complexity index is 1140. The van der Waals surface area contributed by atoms with Crippen LogP contribution in [-0.4, -0.2) is 29.4 Å². The van der Waals surface area contributed by atoms with Gasteiger partial charge in [-0.3, -0.25) is 9.69 Å². The molecule has 0 bridgehead atoms. The molecule has 2 atom stereocenters. The van der Waals surface area contributed by atoms with Gasteiger partial charge in [-0.15, -0.1) is 0 Å². The molecule has 1 saturated heterocycles. The summed E-state index contributed by atoms with van der Waals surface area (Å²) < 4.78 is 12.2. The van der Waals surface area contributed by atoms with E-state index in [2.05, 4.69) is 11.8 Å². The highest BCUT2D eigenvalue weighted by Gasteiger charge is 2.50. The molecule has 1 heterocycles. The molecular weight excluding hydrogens is 440 g/mol. The first kappa shape index (κ1) is 24.5. The lowest BCUT2D eigenvalue weighted by molar-refractivity contribution is -0.166. The molecule has 4 rings (SSSR count). The number of rotatable bonds is 9. The van der Waals surface area contributed by atoms with E-state index in [1.54, 1.807) is 24.3 Å². The normalized spacial score (nSPS) is 17.8. The Labute approximate surface area is 206 Å². The predicted octanol–water partition coefficient (Wildman–Crippen LogP) is 5.03. The zero-order valence-electron chi connectivity index (χ0n) is 20.1. The Morgan fingerprint density at radius 1 is 0.943 bits per heavy atom. The maximum Gasteiger partial charge on any atom is 0.342 e. The van der Waals surface area contributed by atoms with E-state index >= 15 is 0 Å². The number of carbonyl (C=O) groups excluding carboxylic acids is 2. The molecule has 0 aliphatic carbocycles. The maximum atomic E-state index is 13.3. The van der Waals surface area contributed by atoms with Crippen LogP contribution in [0.3, 0.4) is 0 Å². The Morgan fingerprint density at radius 3 is 2.29 bits per heavy atom. The van der Waals surface area contributed by atoms with Crippen LogP contribution in [0, 0.1) is 0 Å². The summed E-state index contributed by atoms with van der Waals surface area (Å²) in [5.41, 5.74) is 6.35. The van der Waals surface area contributed by atoms with Gasteiger partial charge in [0.1, 0.15) is 17.9 Å². The molecule has 1 aliphatic rings. The van der Waals surface area contributed by atoms with Crippen molar-refractivity contribution in [3.05, 3.63) is 102 Å². The molecular formula is C29H32N2O4. The van der Waals surface area contributed by atoms with Gasteiger partial charge in [-0.1, -0.05) is 86.1 Å². The van der Waals surface area contributed by atoms with Gasteiger partial charge in [0, 0.05) is 18.2 Å². The van der Waals surface area contributed by atoms with Crippen LogP contribution in [-0.2, 0) is 21.9 Å². The minimum Gasteiger partial charge on any atom is -0.458 e. The van der Waals surface area contributed by atoms with Crippen molar-refractivity contribution in [2.75, 3.05) is 6.54 Å². The molecule has 2 unspecified atom stereocenters. The topological polar surface area (TPSA) is 81.9 Å². The summed E-state index contributed by atoms with van der Waals surface area (Å²) in [7, 11) is 0. The van der Waals surface area contributed by atoms with Gasteiger partial charge in [-0.25, -0.2) is 4.79 Å². The third-order valence-corrected chi connectivity index (χ3v) is 6.58. The molecule has 6 heteroatoms. The second-order valence-electron chi connectivity index (χ2n) is 8.79. The van der Waals surface area contributed by atoms with Crippen LogP contribution < -0.4 is 10.5 Å². The summed E-state index contributed by atoms with van der Waals surface area (Å²) in [6.07, 6.45) is 3.82. The van der Waals surface area contributed by atoms with Crippen LogP contribution in [0.2, 0.25) is 0 Å². The van der Waals surface area contributed by atoms with Crippen LogP contribution in [0.25, 0.3) is 0 Å². The summed E-state index contributed by atoms with van der Waals surface area (Å²) in [4.78, 5) is 28.5. The van der Waals surface area contributed by atoms with Crippen molar-refractivity contribution in [2.24, 2.45) is 5.73 Å². The van der Waals surface area contributed by atoms with E-state index in [1.165, 1.54) is 0 Å². The smallest absolute Gasteiger partial charge is 0.342 e. The summed E-state index contributed by atoms with van der Waals surface area (Å²) in [6, 6.07) is 25.8. The van der Waals surface area contributed by atoms with Gasteiger partial charge in [0.25, 0.3) is 11.6 Å². The van der Waals surface area contributed by atoms with Gasteiger partial charge in [0.05, 0.1) is 0 Å². The van der Waals surface area contributed by atoms with Gasteiger partial charge in [0.15, 0.2) is 0 Å². The fourth-order valence-corrected chi connectivity index (χ4v) is 4.81. The van der Waals surface area contributed by atoms with Crippen molar-refractivity contribution in [3.8, 4) is 5.75 Å². The quantitative estimate of drug-likeness (QED) is 0.442. The minimum absolute atomic E-state index is 0.119. The van der Waals surface area contributed by atoms with E-state index in [0.29, 0.717) is 12.1 Å². The Balaban J connectivity index is 1.72. The van der Waals surface area contributed by atoms with Gasteiger partial charge in [-0.05, 0) is 37.0 Å². The zero-order chi connectivity index (χ0) is 24.7. The lowest BCUT2D eigenvalue weighted by Gasteiger charge is -2.47. The summed E-state index contributed by atoms with van der Waals surface area (Å²) in [5.74, 6) is -0.883. The highest BCUT2D eigenvalue weighted by Crippen LogP contribution is 2.38. The lowest BCUT2D eigenvalue weighted by Crippen LogP contribution is -2.63. The van der Waals surface area contributed by atoms with Crippen molar-refractivity contribution in [2.45, 2.75) is 51.0 Å². The van der Waals surface area contributed by atoms with E-state index in [1.807, 2.05) is 60.7 Å². The zero-order valence-corrected chi connectivity index (χ0v) is 20.1. The van der Waals surface area contributed by atoms with E-state index < -0.39 is 17.6 Å². The first-order valence-electron chi connectivity index (χ1n) is 12.2. The second kappa shape index (κ2) is 11.2. The molecule has 0 spiro atoms. The minimum atomic E-state index is -1.56. The monoisotopic (exact) mass is 472 g/mol. The molecule has 1 amide bonds. The number of amides is 1. The van der Waals surface area contributed by atoms with Gasteiger partial charge >= 0.3 is 5.97 Å². The number of benzene rings is 3. The average Bonchev–Trinajstić information content (AvgIpc) is 2.91. The third-order valence-electron chi connectivity index (χ3n) is 6.58. The van der Waals surface area contributed by atoms with E-state index in [9.17, 15) is 9.59 Å². The Morgan fingerprint density at radius 2 is 1.60 bits per heavy atom. The van der Waals surface area contributed by atoms with Crippen LogP contribution >= 0.6 is 0 Å². The number of primary amides is 1. The van der Waals surface area contributed by atoms with E-state index in [-0.39, 0.29) is 24.0 Å². The molecule has 1 aliphatic heterocycles. The molecule has 3 aromatic carbocycles. The fraction of sp³-hybridized carbons (Fsp3) is 0.310. The third kappa shape index (κ3) is 5.23. The van der Waals surface area contributed by atoms with Crippen LogP contribution in [0.15, 0.2) is 84.9 Å². The number of esters is 1. The van der Waals surface area contributed by atoms with Crippen molar-refractivity contribution in [1.29, 1.82) is 0 Å². The van der Waals surface area contributed by atoms with E-state index in [0.717, 1.165) is 31.2 Å². The number of likely N-dealkylation sites (tertiary alicyclic amines) is 1. The van der Waals surface area contributed by atoms with Crippen molar-refractivity contribution in [3.63, 3.8) is 0 Å². The Kier molecular flexibility index (Phi) is 7.83. The second-order valence-corrected chi connectivity index (χ2v) is 8.79. The van der Waals surface area contributed by atoms with Crippen molar-refractivity contribution < 1.29 is 19.1 Å². The highest BCUT2D eigenvalue weighted by atomic mass is 16.5. The first-order valence-corrected chi connectivity index (χ1v) is 12.2. The number of nitrogens with zero attached hydrogens (tertiary/aromatic N) is 1. The molecule has 6 nitrogen and oxygen atoms in total. The lowest BCUT2D eigenvalue weighted by atomic mass is 9.91. The number of carbonyl (C=O) groups is 2. The van der Waals surface area contributed by atoms with Crippen LogP contribution in [0.5, 0.6) is 5.75 Å². The number of nitrogens with two attached hydrogens (primary N) is 1. The first-order chi connectivity index (χ1) is 17.1. The largest absolute Gasteiger partial charge is 0.458 e. The number of para-hydroxylation sites is 1. The molecule has 0 saturated carbocycles. The van der Waals surface area contributed by atoms with Crippen molar-refractivity contribution >= 4 is 11.9 Å². The standard InChI is InChI=1S/C29H32N2O4/c1-2-24-17-11-12-20-31(24)29(28(30)33,23-15-7-4-8-16-23)35-26-19-10-9-18-25(26)27(32)34-21-22-13-5-3-6-14-22/h3-10,13-16,18-19,24H,2,11-12,17,20-21H2,1H3,(H2,30,33). The molecule has 35 heavy (non-hydrogen) atoms. The molecule has 182 valence electrons. The van der Waals surface area contributed by atoms with Crippen molar-refractivity contribution in [1.82, 2.24) is 4.90 Å². The fourth-order valence-electron chi connectivity index (χ4n) is 4.81. The number of hydrogen-bond donors (Lipinski definition) is 1. The van der Waals surface area contributed by atoms with Crippen LogP contribution in [0.1, 0.15) is 54.1 Å². The number of ether oxygens (including phenoxy) is 2. The summed E-state index contributed by atoms with van der Waals surface area (Å²) in [6.45, 7) is 2.91. The summed E-state index contributed by atoms with van der Waals surface area (Å²) in [5, 5.41) is 0. The molecule has 2 N–H and O–H groups in total. The molecule has 3 aromatic rings. The summed E-state index contributed by atoms with van der Waals surface area (Å²) >= 11 is 0. The SMILES string of the molecule is CCC1CCCCN1C(Oc1ccccc1C(=O)OCc1ccccc1)(C(N)=O)c1ccccc1. The maximum absolute atomic E-state index is 13.3. The van der Waals surface area contributed by atoms with Gasteiger partial charge in [0.2, 0.25) is 0 Å². The van der Waals surface area contributed by atoms with Crippen LogP contribution in [0.4, 0.5) is 0 Å². The Hall–Kier alpha value is -3.64. The molecule has 1 fully saturated rings. The number of hydrogen-bond acceptors (Lipinski definition) is 5. The average molecular weight is 473 g/mol. The molecule has 0 radical (unpaired) electrons. The van der Waals surface area contributed by atoms with Gasteiger partial charge in [-0.2, -0.15) is 0 Å². The highest BCUT2D eigenvalue weighted by molar-refractivity contribution is 5.93. The molecule has 0 aromatic heterocycles. The van der Waals surface area contributed by atoms with E-state index in [4.69, 9.17) is 15.2 Å². The predicted molar refractivity (Wildman–Crippen MR) is 135 cm³/mol.